The highest BCUT2D eigenvalue weighted by atomic mass is 35.5. The maximum absolute atomic E-state index is 11.8. The molecule has 1 unspecified atom stereocenters. The van der Waals surface area contributed by atoms with Crippen molar-refractivity contribution in [2.24, 2.45) is 0 Å². The minimum Gasteiger partial charge on any atom is -0.339 e. The Morgan fingerprint density at radius 2 is 2.05 bits per heavy atom. The lowest BCUT2D eigenvalue weighted by molar-refractivity contribution is 0.270. The molecule has 1 fully saturated rings. The van der Waals surface area contributed by atoms with Gasteiger partial charge in [0.25, 0.3) is 0 Å². The number of rotatable bonds is 6. The Kier molecular flexibility index (Phi) is 7.24. The Morgan fingerprint density at radius 3 is 2.59 bits per heavy atom. The third-order valence-electron chi connectivity index (χ3n) is 4.03. The summed E-state index contributed by atoms with van der Waals surface area (Å²) < 4.78 is 30.5. The molecule has 0 saturated carbocycles. The van der Waals surface area contributed by atoms with E-state index in [2.05, 4.69) is 22.4 Å². The van der Waals surface area contributed by atoms with Gasteiger partial charge in [0.15, 0.2) is 5.82 Å². The lowest BCUT2D eigenvalue weighted by atomic mass is 9.98. The van der Waals surface area contributed by atoms with Gasteiger partial charge >= 0.3 is 0 Å². The van der Waals surface area contributed by atoms with Crippen molar-refractivity contribution in [1.82, 2.24) is 19.8 Å². The van der Waals surface area contributed by atoms with Gasteiger partial charge in [-0.15, -0.1) is 12.4 Å². The molecule has 22 heavy (non-hydrogen) atoms. The first-order valence-electron chi connectivity index (χ1n) is 7.43. The highest BCUT2D eigenvalue weighted by molar-refractivity contribution is 7.89. The molecule has 2 heterocycles. The minimum absolute atomic E-state index is 0. The average molecular weight is 353 g/mol. The van der Waals surface area contributed by atoms with Gasteiger partial charge in [0.1, 0.15) is 0 Å². The number of piperidine rings is 1. The second-order valence-corrected chi connectivity index (χ2v) is 7.77. The van der Waals surface area contributed by atoms with E-state index >= 15 is 0 Å². The van der Waals surface area contributed by atoms with Crippen LogP contribution >= 0.6 is 12.4 Å². The van der Waals surface area contributed by atoms with Gasteiger partial charge in [-0.1, -0.05) is 5.16 Å². The summed E-state index contributed by atoms with van der Waals surface area (Å²) in [5.74, 6) is 1.67. The van der Waals surface area contributed by atoms with Crippen LogP contribution in [0, 0.1) is 0 Å². The summed E-state index contributed by atoms with van der Waals surface area (Å²) >= 11 is 0. The van der Waals surface area contributed by atoms with Crippen molar-refractivity contribution >= 4 is 22.4 Å². The molecule has 1 aliphatic heterocycles. The Labute approximate surface area is 138 Å². The van der Waals surface area contributed by atoms with E-state index in [1.165, 1.54) is 0 Å². The molecule has 9 heteroatoms. The zero-order valence-electron chi connectivity index (χ0n) is 13.3. The molecule has 0 aromatic carbocycles. The van der Waals surface area contributed by atoms with Gasteiger partial charge in [-0.2, -0.15) is 4.98 Å². The Hall–Kier alpha value is -0.700. The summed E-state index contributed by atoms with van der Waals surface area (Å²) in [6.45, 7) is 4.80. The number of hydrogen-bond donors (Lipinski definition) is 1. The van der Waals surface area contributed by atoms with Gasteiger partial charge in [0, 0.05) is 31.5 Å². The van der Waals surface area contributed by atoms with E-state index in [0.29, 0.717) is 30.8 Å². The van der Waals surface area contributed by atoms with Crippen molar-refractivity contribution in [2.45, 2.75) is 45.1 Å². The molecule has 128 valence electrons. The molecule has 1 aromatic rings. The van der Waals surface area contributed by atoms with Crippen molar-refractivity contribution in [3.05, 3.63) is 11.7 Å². The van der Waals surface area contributed by atoms with Crippen molar-refractivity contribution in [2.75, 3.05) is 25.9 Å². The van der Waals surface area contributed by atoms with Crippen molar-refractivity contribution < 1.29 is 12.9 Å². The van der Waals surface area contributed by atoms with Gasteiger partial charge in [0.2, 0.25) is 15.9 Å². The second kappa shape index (κ2) is 8.24. The lowest BCUT2D eigenvalue weighted by Crippen LogP contribution is -2.38. The molecule has 1 N–H and O–H groups in total. The summed E-state index contributed by atoms with van der Waals surface area (Å²) in [6.07, 6.45) is 2.20. The topological polar surface area (TPSA) is 88.3 Å². The number of likely N-dealkylation sites (N-methyl/N-ethyl adjacent to an activating group) is 1. The quantitative estimate of drug-likeness (QED) is 0.826. The minimum atomic E-state index is -3.08. The van der Waals surface area contributed by atoms with E-state index in [4.69, 9.17) is 4.52 Å². The van der Waals surface area contributed by atoms with Crippen LogP contribution in [0.2, 0.25) is 0 Å². The normalized spacial score (nSPS) is 18.9. The van der Waals surface area contributed by atoms with Crippen molar-refractivity contribution in [1.29, 1.82) is 0 Å². The molecule has 0 spiro atoms. The SMILES string of the molecule is CCS(=O)(=O)N1CCC(c2nc(CC(C)NC)no2)CC1.Cl. The molecule has 1 aliphatic rings. The largest absolute Gasteiger partial charge is 0.339 e. The zero-order chi connectivity index (χ0) is 15.5. The van der Waals surface area contributed by atoms with Crippen LogP contribution in [-0.2, 0) is 16.4 Å². The fraction of sp³-hybridized carbons (Fsp3) is 0.846. The molecule has 1 saturated heterocycles. The van der Waals surface area contributed by atoms with Crippen LogP contribution in [0.25, 0.3) is 0 Å². The van der Waals surface area contributed by atoms with Crippen molar-refractivity contribution in [3.63, 3.8) is 0 Å². The van der Waals surface area contributed by atoms with Gasteiger partial charge < -0.3 is 9.84 Å². The number of aromatic nitrogens is 2. The zero-order valence-corrected chi connectivity index (χ0v) is 14.9. The summed E-state index contributed by atoms with van der Waals surface area (Å²) in [6, 6.07) is 0.298. The number of nitrogens with one attached hydrogen (secondary N) is 1. The highest BCUT2D eigenvalue weighted by Crippen LogP contribution is 2.28. The van der Waals surface area contributed by atoms with Crippen LogP contribution in [0.15, 0.2) is 4.52 Å². The summed E-state index contributed by atoms with van der Waals surface area (Å²) in [4.78, 5) is 4.44. The average Bonchev–Trinajstić information content (AvgIpc) is 2.95. The molecule has 7 nitrogen and oxygen atoms in total. The van der Waals surface area contributed by atoms with Gasteiger partial charge in [0.05, 0.1) is 5.75 Å². The smallest absolute Gasteiger partial charge is 0.229 e. The number of halogens is 1. The number of nitrogens with zero attached hydrogens (tertiary/aromatic N) is 3. The standard InChI is InChI=1S/C13H24N4O3S.ClH/c1-4-21(18,19)17-7-5-11(6-8-17)13-15-12(16-20-13)9-10(2)14-3;/h10-11,14H,4-9H2,1-3H3;1H. The summed E-state index contributed by atoms with van der Waals surface area (Å²) in [7, 11) is -1.18. The molecular weight excluding hydrogens is 328 g/mol. The third kappa shape index (κ3) is 4.65. The second-order valence-electron chi connectivity index (χ2n) is 5.52. The molecule has 2 rings (SSSR count). The summed E-state index contributed by atoms with van der Waals surface area (Å²) in [5, 5.41) is 7.14. The predicted molar refractivity (Wildman–Crippen MR) is 86.8 cm³/mol. The number of hydrogen-bond acceptors (Lipinski definition) is 6. The lowest BCUT2D eigenvalue weighted by Gasteiger charge is -2.29. The van der Waals surface area contributed by atoms with Crippen molar-refractivity contribution in [3.8, 4) is 0 Å². The fourth-order valence-electron chi connectivity index (χ4n) is 2.46. The molecule has 0 radical (unpaired) electrons. The summed E-state index contributed by atoms with van der Waals surface area (Å²) in [5.41, 5.74) is 0. The van der Waals surface area contributed by atoms with Crippen LogP contribution in [-0.4, -0.2) is 54.8 Å². The van der Waals surface area contributed by atoms with E-state index in [-0.39, 0.29) is 24.1 Å². The Balaban J connectivity index is 0.00000242. The van der Waals surface area contributed by atoms with Gasteiger partial charge in [-0.3, -0.25) is 0 Å². The van der Waals surface area contributed by atoms with Crippen LogP contribution in [0.4, 0.5) is 0 Å². The maximum atomic E-state index is 11.8. The molecule has 0 bridgehead atoms. The predicted octanol–water partition coefficient (Wildman–Crippen LogP) is 1.17. The van der Waals surface area contributed by atoms with Crippen LogP contribution in [0.1, 0.15) is 44.3 Å². The monoisotopic (exact) mass is 352 g/mol. The Bertz CT molecular complexity index is 555. The number of sulfonamides is 1. The molecule has 0 aliphatic carbocycles. The van der Waals surface area contributed by atoms with E-state index in [9.17, 15) is 8.42 Å². The highest BCUT2D eigenvalue weighted by Gasteiger charge is 2.30. The van der Waals surface area contributed by atoms with E-state index < -0.39 is 10.0 Å². The first kappa shape index (κ1) is 19.3. The van der Waals surface area contributed by atoms with Crippen LogP contribution < -0.4 is 5.32 Å². The van der Waals surface area contributed by atoms with Gasteiger partial charge in [-0.05, 0) is 33.7 Å². The van der Waals surface area contributed by atoms with Gasteiger partial charge in [-0.25, -0.2) is 12.7 Å². The van der Waals surface area contributed by atoms with E-state index in [1.54, 1.807) is 11.2 Å². The maximum Gasteiger partial charge on any atom is 0.229 e. The van der Waals surface area contributed by atoms with Crippen LogP contribution in [0.5, 0.6) is 0 Å². The fourth-order valence-corrected chi connectivity index (χ4v) is 3.59. The third-order valence-corrected chi connectivity index (χ3v) is 5.91. The first-order valence-corrected chi connectivity index (χ1v) is 9.04. The molecule has 1 atom stereocenters. The van der Waals surface area contributed by atoms with E-state index in [0.717, 1.165) is 19.3 Å². The van der Waals surface area contributed by atoms with Crippen LogP contribution in [0.3, 0.4) is 0 Å². The molecule has 1 aromatic heterocycles. The molecular formula is C13H25ClN4O3S. The van der Waals surface area contributed by atoms with E-state index in [1.807, 2.05) is 7.05 Å². The first-order chi connectivity index (χ1) is 9.96. The molecule has 0 amide bonds. The Morgan fingerprint density at radius 1 is 1.41 bits per heavy atom.